The van der Waals surface area contributed by atoms with Gasteiger partial charge >= 0.3 is 0 Å². The number of nitrogens with zero attached hydrogens (tertiary/aromatic N) is 2. The van der Waals surface area contributed by atoms with Crippen LogP contribution in [0.25, 0.3) is 0 Å². The maximum absolute atomic E-state index is 12.9. The van der Waals surface area contributed by atoms with E-state index < -0.39 is 5.91 Å². The molecule has 2 heterocycles. The van der Waals surface area contributed by atoms with Crippen molar-refractivity contribution in [2.75, 3.05) is 56.3 Å². The van der Waals surface area contributed by atoms with Gasteiger partial charge in [0.05, 0.1) is 49.6 Å². The molecule has 1 aromatic carbocycles. The zero-order valence-electron chi connectivity index (χ0n) is 19.2. The second kappa shape index (κ2) is 10.2. The summed E-state index contributed by atoms with van der Waals surface area (Å²) in [7, 11) is 0. The summed E-state index contributed by atoms with van der Waals surface area (Å²) < 4.78 is 17.1. The van der Waals surface area contributed by atoms with Gasteiger partial charge in [-0.3, -0.25) is 19.3 Å². The number of rotatable bonds is 8. The standard InChI is InChI=1S/C24H31N3O6/c1-3-32-20-14-19(26-9-11-31-12-10-26)21(33-4-2)13-18(20)25-22(28)15-27-23(29)16-7-5-6-8-17(16)24(27)30/h5-6,13-14,16-17H,3-4,7-12,15H2,1-2H3,(H,25,28)/t16-,17-/m1/s1. The number of carbonyl (C=O) groups is 3. The first-order chi connectivity index (χ1) is 16.0. The van der Waals surface area contributed by atoms with E-state index in [1.165, 1.54) is 0 Å². The number of hydrogen-bond acceptors (Lipinski definition) is 7. The van der Waals surface area contributed by atoms with E-state index in [0.717, 1.165) is 23.7 Å². The minimum atomic E-state index is -0.453. The number of fused-ring (bicyclic) bond motifs is 1. The second-order valence-electron chi connectivity index (χ2n) is 8.25. The average Bonchev–Trinajstić information content (AvgIpc) is 3.06. The van der Waals surface area contributed by atoms with Gasteiger partial charge in [-0.15, -0.1) is 0 Å². The Morgan fingerprint density at radius 2 is 1.61 bits per heavy atom. The SMILES string of the molecule is CCOc1cc(N2CCOCC2)c(OCC)cc1NC(=O)CN1C(=O)[C@@H]2CC=CC[C@H]2C1=O. The molecule has 2 aliphatic heterocycles. The molecular formula is C24H31N3O6. The monoisotopic (exact) mass is 457 g/mol. The number of carbonyl (C=O) groups excluding carboxylic acids is 3. The van der Waals surface area contributed by atoms with Crippen molar-refractivity contribution in [3.8, 4) is 11.5 Å². The third kappa shape index (κ3) is 4.83. The Bertz CT molecular complexity index is 914. The highest BCUT2D eigenvalue weighted by molar-refractivity contribution is 6.09. The summed E-state index contributed by atoms with van der Waals surface area (Å²) in [6, 6.07) is 3.61. The number of nitrogens with one attached hydrogen (secondary N) is 1. The van der Waals surface area contributed by atoms with E-state index >= 15 is 0 Å². The maximum Gasteiger partial charge on any atom is 0.244 e. The molecule has 4 rings (SSSR count). The third-order valence-electron chi connectivity index (χ3n) is 6.19. The normalized spacial score (nSPS) is 22.4. The Balaban J connectivity index is 1.53. The molecule has 178 valence electrons. The molecule has 0 spiro atoms. The van der Waals surface area contributed by atoms with E-state index in [-0.39, 0.29) is 30.2 Å². The zero-order valence-corrected chi connectivity index (χ0v) is 19.2. The first kappa shape index (κ1) is 23.1. The van der Waals surface area contributed by atoms with Crippen molar-refractivity contribution in [2.24, 2.45) is 11.8 Å². The van der Waals surface area contributed by atoms with E-state index in [1.54, 1.807) is 6.07 Å². The fraction of sp³-hybridized carbons (Fsp3) is 0.542. The van der Waals surface area contributed by atoms with Crippen molar-refractivity contribution >= 4 is 29.1 Å². The molecule has 3 aliphatic rings. The predicted molar refractivity (Wildman–Crippen MR) is 123 cm³/mol. The van der Waals surface area contributed by atoms with Crippen molar-refractivity contribution in [3.05, 3.63) is 24.3 Å². The first-order valence-electron chi connectivity index (χ1n) is 11.6. The number of amides is 3. The van der Waals surface area contributed by atoms with Crippen LogP contribution in [0.5, 0.6) is 11.5 Å². The summed E-state index contributed by atoms with van der Waals surface area (Å²) in [6.45, 7) is 7.05. The average molecular weight is 458 g/mol. The zero-order chi connectivity index (χ0) is 23.4. The summed E-state index contributed by atoms with van der Waals surface area (Å²) in [5, 5.41) is 2.82. The van der Waals surface area contributed by atoms with Crippen molar-refractivity contribution in [1.29, 1.82) is 0 Å². The van der Waals surface area contributed by atoms with Crippen LogP contribution >= 0.6 is 0 Å². The number of morpholine rings is 1. The molecule has 3 amide bonds. The van der Waals surface area contributed by atoms with E-state index in [0.29, 0.717) is 56.5 Å². The Hall–Kier alpha value is -3.07. The number of allylic oxidation sites excluding steroid dienone is 2. The molecule has 9 nitrogen and oxygen atoms in total. The molecule has 0 aromatic heterocycles. The molecule has 2 fully saturated rings. The minimum Gasteiger partial charge on any atom is -0.492 e. The largest absolute Gasteiger partial charge is 0.492 e. The van der Waals surface area contributed by atoms with Gasteiger partial charge < -0.3 is 24.4 Å². The lowest BCUT2D eigenvalue weighted by atomic mass is 9.85. The van der Waals surface area contributed by atoms with E-state index in [2.05, 4.69) is 10.2 Å². The van der Waals surface area contributed by atoms with Crippen LogP contribution in [0, 0.1) is 11.8 Å². The van der Waals surface area contributed by atoms with Crippen LogP contribution in [-0.2, 0) is 19.1 Å². The number of likely N-dealkylation sites (tertiary alicyclic amines) is 1. The highest BCUT2D eigenvalue weighted by Crippen LogP contribution is 2.40. The summed E-state index contributed by atoms with van der Waals surface area (Å²) >= 11 is 0. The molecule has 0 saturated carbocycles. The lowest BCUT2D eigenvalue weighted by Gasteiger charge is -2.31. The van der Waals surface area contributed by atoms with Crippen molar-refractivity contribution in [2.45, 2.75) is 26.7 Å². The van der Waals surface area contributed by atoms with Crippen molar-refractivity contribution < 1.29 is 28.6 Å². The summed E-state index contributed by atoms with van der Waals surface area (Å²) in [4.78, 5) is 41.5. The fourth-order valence-corrected chi connectivity index (χ4v) is 4.60. The van der Waals surface area contributed by atoms with Gasteiger partial charge in [0.25, 0.3) is 0 Å². The van der Waals surface area contributed by atoms with E-state index in [9.17, 15) is 14.4 Å². The van der Waals surface area contributed by atoms with Crippen LogP contribution in [0.3, 0.4) is 0 Å². The Morgan fingerprint density at radius 3 is 2.21 bits per heavy atom. The van der Waals surface area contributed by atoms with Crippen LogP contribution in [0.15, 0.2) is 24.3 Å². The molecule has 0 bridgehead atoms. The molecular weight excluding hydrogens is 426 g/mol. The number of imide groups is 1. The molecule has 33 heavy (non-hydrogen) atoms. The van der Waals surface area contributed by atoms with Gasteiger partial charge in [0, 0.05) is 25.2 Å². The van der Waals surface area contributed by atoms with Gasteiger partial charge in [0.15, 0.2) is 0 Å². The predicted octanol–water partition coefficient (Wildman–Crippen LogP) is 2.21. The maximum atomic E-state index is 12.9. The van der Waals surface area contributed by atoms with Crippen molar-refractivity contribution in [3.63, 3.8) is 0 Å². The lowest BCUT2D eigenvalue weighted by Crippen LogP contribution is -2.38. The van der Waals surface area contributed by atoms with Gasteiger partial charge in [0.1, 0.15) is 18.0 Å². The Kier molecular flexibility index (Phi) is 7.17. The third-order valence-corrected chi connectivity index (χ3v) is 6.19. The Morgan fingerprint density at radius 1 is 1.00 bits per heavy atom. The van der Waals surface area contributed by atoms with Gasteiger partial charge in [0.2, 0.25) is 17.7 Å². The molecule has 0 unspecified atom stereocenters. The van der Waals surface area contributed by atoms with Gasteiger partial charge in [-0.1, -0.05) is 12.2 Å². The van der Waals surface area contributed by atoms with Crippen molar-refractivity contribution in [1.82, 2.24) is 4.90 Å². The lowest BCUT2D eigenvalue weighted by molar-refractivity contribution is -0.142. The molecule has 1 N–H and O–H groups in total. The van der Waals surface area contributed by atoms with Crippen LogP contribution in [0.4, 0.5) is 11.4 Å². The van der Waals surface area contributed by atoms with Gasteiger partial charge in [-0.2, -0.15) is 0 Å². The number of anilines is 2. The molecule has 9 heteroatoms. The number of ether oxygens (including phenoxy) is 3. The first-order valence-corrected chi connectivity index (χ1v) is 11.6. The smallest absolute Gasteiger partial charge is 0.244 e. The summed E-state index contributed by atoms with van der Waals surface area (Å²) in [6.07, 6.45) is 4.94. The van der Waals surface area contributed by atoms with E-state index in [1.807, 2.05) is 32.1 Å². The summed E-state index contributed by atoms with van der Waals surface area (Å²) in [5.41, 5.74) is 1.32. The molecule has 1 aromatic rings. The number of benzene rings is 1. The van der Waals surface area contributed by atoms with E-state index in [4.69, 9.17) is 14.2 Å². The van der Waals surface area contributed by atoms with Crippen LogP contribution in [-0.4, -0.2) is 68.7 Å². The van der Waals surface area contributed by atoms with Gasteiger partial charge in [-0.05, 0) is 26.7 Å². The summed E-state index contributed by atoms with van der Waals surface area (Å²) in [5.74, 6) is -0.570. The Labute approximate surface area is 193 Å². The topological polar surface area (TPSA) is 97.4 Å². The number of hydrogen-bond donors (Lipinski definition) is 1. The minimum absolute atomic E-state index is 0.271. The van der Waals surface area contributed by atoms with Crippen LogP contribution < -0.4 is 19.7 Å². The second-order valence-corrected chi connectivity index (χ2v) is 8.25. The fourth-order valence-electron chi connectivity index (χ4n) is 4.60. The quantitative estimate of drug-likeness (QED) is 0.472. The molecule has 0 radical (unpaired) electrons. The highest BCUT2D eigenvalue weighted by Gasteiger charge is 2.47. The van der Waals surface area contributed by atoms with Crippen LogP contribution in [0.2, 0.25) is 0 Å². The molecule has 2 saturated heterocycles. The van der Waals surface area contributed by atoms with Crippen LogP contribution in [0.1, 0.15) is 26.7 Å². The molecule has 2 atom stereocenters. The highest BCUT2D eigenvalue weighted by atomic mass is 16.5. The van der Waals surface area contributed by atoms with Gasteiger partial charge in [-0.25, -0.2) is 0 Å². The molecule has 1 aliphatic carbocycles.